The van der Waals surface area contributed by atoms with E-state index in [4.69, 9.17) is 0 Å². The second-order valence-electron chi connectivity index (χ2n) is 4.67. The highest BCUT2D eigenvalue weighted by molar-refractivity contribution is 5.51. The van der Waals surface area contributed by atoms with Crippen molar-refractivity contribution in [3.63, 3.8) is 0 Å². The van der Waals surface area contributed by atoms with Crippen LogP contribution in [-0.4, -0.2) is 13.6 Å². The van der Waals surface area contributed by atoms with Crippen LogP contribution in [0.25, 0.3) is 6.08 Å². The highest BCUT2D eigenvalue weighted by Gasteiger charge is 2.10. The quantitative estimate of drug-likeness (QED) is 0.715. The minimum atomic E-state index is 0.737. The Balaban J connectivity index is 2.67. The Hall–Kier alpha value is -1.08. The molecule has 0 aliphatic heterocycles. The molecule has 0 fully saturated rings. The highest BCUT2D eigenvalue weighted by Crippen LogP contribution is 2.18. The first-order valence-corrected chi connectivity index (χ1v) is 6.66. The summed E-state index contributed by atoms with van der Waals surface area (Å²) in [6, 6.07) is 8.59. The van der Waals surface area contributed by atoms with Crippen molar-refractivity contribution in [3.05, 3.63) is 42.0 Å². The van der Waals surface area contributed by atoms with Gasteiger partial charge in [-0.2, -0.15) is 0 Å². The molecule has 17 heavy (non-hydrogen) atoms. The molecule has 1 nitrogen and oxygen atoms in total. The van der Waals surface area contributed by atoms with E-state index in [9.17, 15) is 0 Å². The minimum Gasteiger partial charge on any atom is -0.319 e. The van der Waals surface area contributed by atoms with Gasteiger partial charge in [0.05, 0.1) is 0 Å². The third-order valence-electron chi connectivity index (χ3n) is 3.24. The van der Waals surface area contributed by atoms with Gasteiger partial charge in [-0.15, -0.1) is 0 Å². The Bertz CT molecular complexity index is 330. The van der Waals surface area contributed by atoms with Crippen molar-refractivity contribution in [1.82, 2.24) is 5.32 Å². The number of nitrogens with one attached hydrogen (secondary N) is 1. The number of unbranched alkanes of at least 4 members (excludes halogenated alkanes) is 1. The summed E-state index contributed by atoms with van der Waals surface area (Å²) >= 11 is 0. The van der Waals surface area contributed by atoms with Crippen LogP contribution in [0.15, 0.2) is 30.8 Å². The van der Waals surface area contributed by atoms with Crippen molar-refractivity contribution in [2.45, 2.75) is 32.6 Å². The molecule has 1 aromatic carbocycles. The van der Waals surface area contributed by atoms with Gasteiger partial charge in [-0.05, 0) is 43.5 Å². The van der Waals surface area contributed by atoms with Crippen molar-refractivity contribution >= 4 is 6.08 Å². The van der Waals surface area contributed by atoms with E-state index >= 15 is 0 Å². The Morgan fingerprint density at radius 1 is 1.35 bits per heavy atom. The van der Waals surface area contributed by atoms with Crippen LogP contribution in [0.3, 0.4) is 0 Å². The van der Waals surface area contributed by atoms with Crippen LogP contribution >= 0.6 is 0 Å². The zero-order valence-electron chi connectivity index (χ0n) is 11.2. The lowest BCUT2D eigenvalue weighted by Gasteiger charge is -2.17. The molecule has 0 saturated heterocycles. The maximum atomic E-state index is 3.89. The van der Waals surface area contributed by atoms with E-state index in [0.29, 0.717) is 0 Å². The predicted octanol–water partition coefficient (Wildman–Crippen LogP) is 3.90. The SMILES string of the molecule is C=Cc1ccccc1CC(CCCC)CNC. The minimum absolute atomic E-state index is 0.737. The lowest BCUT2D eigenvalue weighted by molar-refractivity contribution is 0.444. The number of hydrogen-bond donors (Lipinski definition) is 1. The largest absolute Gasteiger partial charge is 0.319 e. The fraction of sp³-hybridized carbons (Fsp3) is 0.500. The van der Waals surface area contributed by atoms with Crippen molar-refractivity contribution in [2.24, 2.45) is 5.92 Å². The molecule has 0 radical (unpaired) electrons. The molecular formula is C16H25N. The summed E-state index contributed by atoms with van der Waals surface area (Å²) in [4.78, 5) is 0. The average Bonchev–Trinajstić information content (AvgIpc) is 2.37. The predicted molar refractivity (Wildman–Crippen MR) is 77.2 cm³/mol. The summed E-state index contributed by atoms with van der Waals surface area (Å²) in [5, 5.41) is 3.31. The van der Waals surface area contributed by atoms with Crippen LogP contribution in [-0.2, 0) is 6.42 Å². The third-order valence-corrected chi connectivity index (χ3v) is 3.24. The van der Waals surface area contributed by atoms with Gasteiger partial charge in [0, 0.05) is 0 Å². The van der Waals surface area contributed by atoms with Crippen LogP contribution in [0.5, 0.6) is 0 Å². The molecular weight excluding hydrogens is 206 g/mol. The molecule has 1 rings (SSSR count). The molecule has 94 valence electrons. The Morgan fingerprint density at radius 2 is 2.12 bits per heavy atom. The van der Waals surface area contributed by atoms with Crippen LogP contribution < -0.4 is 5.32 Å². The first kappa shape index (κ1) is 14.0. The van der Waals surface area contributed by atoms with Crippen LogP contribution in [0.1, 0.15) is 37.3 Å². The summed E-state index contributed by atoms with van der Waals surface area (Å²) in [7, 11) is 2.04. The van der Waals surface area contributed by atoms with Crippen LogP contribution in [0.4, 0.5) is 0 Å². The first-order chi connectivity index (χ1) is 8.31. The van der Waals surface area contributed by atoms with Gasteiger partial charge in [0.2, 0.25) is 0 Å². The lowest BCUT2D eigenvalue weighted by Crippen LogP contribution is -2.21. The molecule has 0 saturated carbocycles. The lowest BCUT2D eigenvalue weighted by atomic mass is 9.91. The molecule has 1 unspecified atom stereocenters. The van der Waals surface area contributed by atoms with Crippen LogP contribution in [0, 0.1) is 5.92 Å². The zero-order chi connectivity index (χ0) is 12.5. The normalized spacial score (nSPS) is 12.4. The van der Waals surface area contributed by atoms with E-state index in [1.807, 2.05) is 13.1 Å². The topological polar surface area (TPSA) is 12.0 Å². The molecule has 1 atom stereocenters. The van der Waals surface area contributed by atoms with Gasteiger partial charge in [-0.1, -0.05) is 56.7 Å². The molecule has 0 spiro atoms. The maximum absolute atomic E-state index is 3.89. The van der Waals surface area contributed by atoms with E-state index in [-0.39, 0.29) is 0 Å². The van der Waals surface area contributed by atoms with Gasteiger partial charge in [0.15, 0.2) is 0 Å². The zero-order valence-corrected chi connectivity index (χ0v) is 11.2. The van der Waals surface area contributed by atoms with Gasteiger partial charge in [-0.25, -0.2) is 0 Å². The third kappa shape index (κ3) is 4.74. The van der Waals surface area contributed by atoms with Gasteiger partial charge in [0.25, 0.3) is 0 Å². The standard InChI is InChI=1S/C16H25N/c1-4-6-9-14(13-17-3)12-16-11-8-7-10-15(16)5-2/h5,7-8,10-11,14,17H,2,4,6,9,12-13H2,1,3H3. The second kappa shape index (κ2) is 8.08. The summed E-state index contributed by atoms with van der Waals surface area (Å²) in [6.45, 7) is 7.25. The van der Waals surface area contributed by atoms with Gasteiger partial charge in [0.1, 0.15) is 0 Å². The van der Waals surface area contributed by atoms with Crippen LogP contribution in [0.2, 0.25) is 0 Å². The van der Waals surface area contributed by atoms with Gasteiger partial charge < -0.3 is 5.32 Å². The summed E-state index contributed by atoms with van der Waals surface area (Å²) < 4.78 is 0. The smallest absolute Gasteiger partial charge is 0.00203 e. The molecule has 0 aliphatic carbocycles. The summed E-state index contributed by atoms with van der Waals surface area (Å²) in [5.41, 5.74) is 2.71. The van der Waals surface area contributed by atoms with E-state index < -0.39 is 0 Å². The second-order valence-corrected chi connectivity index (χ2v) is 4.67. The molecule has 0 heterocycles. The summed E-state index contributed by atoms with van der Waals surface area (Å²) in [6.07, 6.45) is 7.03. The fourth-order valence-corrected chi connectivity index (χ4v) is 2.29. The Kier molecular flexibility index (Phi) is 6.64. The van der Waals surface area contributed by atoms with E-state index in [1.54, 1.807) is 0 Å². The fourth-order valence-electron chi connectivity index (χ4n) is 2.29. The first-order valence-electron chi connectivity index (χ1n) is 6.66. The number of rotatable bonds is 8. The highest BCUT2D eigenvalue weighted by atomic mass is 14.8. The van der Waals surface area contributed by atoms with Crippen molar-refractivity contribution in [3.8, 4) is 0 Å². The van der Waals surface area contributed by atoms with E-state index in [2.05, 4.69) is 43.1 Å². The molecule has 0 amide bonds. The monoisotopic (exact) mass is 231 g/mol. The number of hydrogen-bond acceptors (Lipinski definition) is 1. The van der Waals surface area contributed by atoms with E-state index in [1.165, 1.54) is 30.4 Å². The van der Waals surface area contributed by atoms with Crippen molar-refractivity contribution < 1.29 is 0 Å². The molecule has 0 bridgehead atoms. The molecule has 1 heteroatoms. The van der Waals surface area contributed by atoms with Crippen molar-refractivity contribution in [1.29, 1.82) is 0 Å². The van der Waals surface area contributed by atoms with E-state index in [0.717, 1.165) is 18.9 Å². The average molecular weight is 231 g/mol. The Labute approximate surface area is 106 Å². The van der Waals surface area contributed by atoms with Gasteiger partial charge >= 0.3 is 0 Å². The number of benzene rings is 1. The molecule has 1 aromatic rings. The van der Waals surface area contributed by atoms with Gasteiger partial charge in [-0.3, -0.25) is 0 Å². The maximum Gasteiger partial charge on any atom is -0.00203 e. The van der Waals surface area contributed by atoms with Crippen molar-refractivity contribution in [2.75, 3.05) is 13.6 Å². The Morgan fingerprint density at radius 3 is 2.76 bits per heavy atom. The summed E-state index contributed by atoms with van der Waals surface area (Å²) in [5.74, 6) is 0.737. The molecule has 0 aromatic heterocycles. The molecule has 0 aliphatic rings. The molecule has 1 N–H and O–H groups in total.